The van der Waals surface area contributed by atoms with Gasteiger partial charge in [0.05, 0.1) is 6.61 Å². The van der Waals surface area contributed by atoms with Crippen molar-refractivity contribution in [1.29, 1.82) is 0 Å². The molecule has 0 saturated carbocycles. The molecule has 5 heteroatoms. The van der Waals surface area contributed by atoms with Crippen LogP contribution >= 0.6 is 0 Å². The number of rotatable bonds is 6. The molecule has 3 rings (SSSR count). The summed E-state index contributed by atoms with van der Waals surface area (Å²) < 4.78 is 5.39. The monoisotopic (exact) mass is 380 g/mol. The maximum Gasteiger partial charge on any atom is 0.332 e. The van der Waals surface area contributed by atoms with E-state index < -0.39 is 5.54 Å². The summed E-state index contributed by atoms with van der Waals surface area (Å²) in [6.07, 6.45) is 1.13. The van der Waals surface area contributed by atoms with Crippen LogP contribution in [0.2, 0.25) is 0 Å². The minimum absolute atomic E-state index is 0.148. The van der Waals surface area contributed by atoms with Crippen molar-refractivity contribution >= 4 is 11.9 Å². The predicted molar refractivity (Wildman–Crippen MR) is 109 cm³/mol. The third-order valence-corrected chi connectivity index (χ3v) is 5.56. The molecular formula is C23H28N2O3. The average Bonchev–Trinajstić information content (AvgIpc) is 2.75. The number of ether oxygens (including phenoxy) is 1. The fourth-order valence-electron chi connectivity index (χ4n) is 3.83. The Labute approximate surface area is 166 Å². The van der Waals surface area contributed by atoms with Gasteiger partial charge in [0.25, 0.3) is 5.91 Å². The molecule has 0 aliphatic carbocycles. The zero-order valence-electron chi connectivity index (χ0n) is 16.6. The number of esters is 1. The first-order valence-electron chi connectivity index (χ1n) is 9.83. The van der Waals surface area contributed by atoms with Gasteiger partial charge >= 0.3 is 5.97 Å². The number of hydrogen-bond acceptors (Lipinski definition) is 4. The molecule has 0 bridgehead atoms. The van der Waals surface area contributed by atoms with Gasteiger partial charge in [-0.3, -0.25) is 9.69 Å². The van der Waals surface area contributed by atoms with Crippen LogP contribution in [0.1, 0.15) is 35.7 Å². The lowest BCUT2D eigenvalue weighted by molar-refractivity contribution is -0.159. The second-order valence-corrected chi connectivity index (χ2v) is 7.24. The van der Waals surface area contributed by atoms with E-state index in [1.165, 1.54) is 5.56 Å². The average molecular weight is 380 g/mol. The van der Waals surface area contributed by atoms with Crippen LogP contribution < -0.4 is 0 Å². The van der Waals surface area contributed by atoms with Crippen molar-refractivity contribution in [2.24, 2.45) is 0 Å². The summed E-state index contributed by atoms with van der Waals surface area (Å²) in [5.74, 6) is -0.452. The van der Waals surface area contributed by atoms with Gasteiger partial charge in [0.1, 0.15) is 5.54 Å². The predicted octanol–water partition coefficient (Wildman–Crippen LogP) is 3.36. The number of likely N-dealkylation sites (tertiary alicyclic amines) is 1. The third-order valence-electron chi connectivity index (χ3n) is 5.56. The van der Waals surface area contributed by atoms with Gasteiger partial charge in [-0.2, -0.15) is 0 Å². The quantitative estimate of drug-likeness (QED) is 0.721. The molecule has 0 N–H and O–H groups in total. The molecule has 28 heavy (non-hydrogen) atoms. The lowest BCUT2D eigenvalue weighted by atomic mass is 9.85. The van der Waals surface area contributed by atoms with Crippen LogP contribution in [0.4, 0.5) is 0 Å². The molecule has 1 amide bonds. The van der Waals surface area contributed by atoms with Gasteiger partial charge in [0.15, 0.2) is 0 Å². The van der Waals surface area contributed by atoms with Crippen LogP contribution in [0.5, 0.6) is 0 Å². The molecule has 1 fully saturated rings. The van der Waals surface area contributed by atoms with Crippen molar-refractivity contribution < 1.29 is 14.3 Å². The number of carbonyl (C=O) groups is 2. The number of likely N-dealkylation sites (N-methyl/N-ethyl adjacent to an activating group) is 1. The first-order valence-corrected chi connectivity index (χ1v) is 9.83. The molecule has 5 nitrogen and oxygen atoms in total. The molecule has 1 aliphatic rings. The molecule has 0 atom stereocenters. The summed E-state index contributed by atoms with van der Waals surface area (Å²) in [5, 5.41) is 0. The molecule has 1 heterocycles. The molecule has 2 aromatic carbocycles. The van der Waals surface area contributed by atoms with Gasteiger partial charge in [0.2, 0.25) is 0 Å². The Morgan fingerprint density at radius 1 is 1.00 bits per heavy atom. The Morgan fingerprint density at radius 3 is 2.14 bits per heavy atom. The highest BCUT2D eigenvalue weighted by Crippen LogP contribution is 2.31. The third kappa shape index (κ3) is 4.25. The van der Waals surface area contributed by atoms with Crippen LogP contribution in [0.3, 0.4) is 0 Å². The SMILES string of the molecule is CCOC(=O)C1(N(C)C(=O)c2ccccc2)CCN(Cc2ccccc2)CC1. The summed E-state index contributed by atoms with van der Waals surface area (Å²) in [4.78, 5) is 29.9. The van der Waals surface area contributed by atoms with Crippen molar-refractivity contribution in [3.05, 3.63) is 71.8 Å². The van der Waals surface area contributed by atoms with Crippen molar-refractivity contribution in [2.75, 3.05) is 26.7 Å². The van der Waals surface area contributed by atoms with E-state index in [0.29, 0.717) is 25.0 Å². The fourth-order valence-corrected chi connectivity index (χ4v) is 3.83. The number of piperidine rings is 1. The lowest BCUT2D eigenvalue weighted by Crippen LogP contribution is -2.61. The summed E-state index contributed by atoms with van der Waals surface area (Å²) >= 11 is 0. The Balaban J connectivity index is 1.76. The largest absolute Gasteiger partial charge is 0.464 e. The summed E-state index contributed by atoms with van der Waals surface area (Å²) in [6.45, 7) is 4.42. The first-order chi connectivity index (χ1) is 13.6. The van der Waals surface area contributed by atoms with Gasteiger partial charge in [0, 0.05) is 32.2 Å². The van der Waals surface area contributed by atoms with Gasteiger partial charge in [-0.1, -0.05) is 48.5 Å². The standard InChI is InChI=1S/C23H28N2O3/c1-3-28-22(27)23(24(2)21(26)20-12-8-5-9-13-20)14-16-25(17-15-23)18-19-10-6-4-7-11-19/h4-13H,3,14-18H2,1-2H3. The number of amides is 1. The van der Waals surface area contributed by atoms with Crippen LogP contribution in [0.15, 0.2) is 60.7 Å². The van der Waals surface area contributed by atoms with Crippen LogP contribution in [-0.4, -0.2) is 54.0 Å². The number of hydrogen-bond donors (Lipinski definition) is 0. The highest BCUT2D eigenvalue weighted by atomic mass is 16.5. The lowest BCUT2D eigenvalue weighted by Gasteiger charge is -2.45. The van der Waals surface area contributed by atoms with Crippen molar-refractivity contribution in [3.63, 3.8) is 0 Å². The molecule has 2 aromatic rings. The molecule has 1 aliphatic heterocycles. The maximum absolute atomic E-state index is 13.0. The van der Waals surface area contributed by atoms with E-state index in [1.807, 2.05) is 36.4 Å². The van der Waals surface area contributed by atoms with Gasteiger partial charge in [-0.25, -0.2) is 4.79 Å². The number of carbonyl (C=O) groups excluding carboxylic acids is 2. The highest BCUT2D eigenvalue weighted by Gasteiger charge is 2.48. The van der Waals surface area contributed by atoms with E-state index in [2.05, 4.69) is 17.0 Å². The topological polar surface area (TPSA) is 49.9 Å². The van der Waals surface area contributed by atoms with E-state index in [-0.39, 0.29) is 11.9 Å². The zero-order chi connectivity index (χ0) is 20.0. The minimum Gasteiger partial charge on any atom is -0.464 e. The number of benzene rings is 2. The van der Waals surface area contributed by atoms with Crippen molar-refractivity contribution in [3.8, 4) is 0 Å². The molecule has 148 valence electrons. The van der Waals surface area contributed by atoms with Gasteiger partial charge in [-0.15, -0.1) is 0 Å². The smallest absolute Gasteiger partial charge is 0.332 e. The Morgan fingerprint density at radius 2 is 1.57 bits per heavy atom. The van der Waals surface area contributed by atoms with Crippen LogP contribution in [0.25, 0.3) is 0 Å². The molecule has 0 unspecified atom stereocenters. The molecule has 1 saturated heterocycles. The molecule has 0 spiro atoms. The van der Waals surface area contributed by atoms with E-state index in [1.54, 1.807) is 31.0 Å². The Hall–Kier alpha value is -2.66. The van der Waals surface area contributed by atoms with E-state index >= 15 is 0 Å². The highest BCUT2D eigenvalue weighted by molar-refractivity contribution is 5.98. The summed E-state index contributed by atoms with van der Waals surface area (Å²) in [6, 6.07) is 19.4. The Kier molecular flexibility index (Phi) is 6.47. The zero-order valence-corrected chi connectivity index (χ0v) is 16.6. The molecule has 0 aromatic heterocycles. The second kappa shape index (κ2) is 9.02. The van der Waals surface area contributed by atoms with Crippen LogP contribution in [-0.2, 0) is 16.1 Å². The van der Waals surface area contributed by atoms with Crippen molar-refractivity contribution in [1.82, 2.24) is 9.80 Å². The van der Waals surface area contributed by atoms with Gasteiger partial charge < -0.3 is 9.64 Å². The molecule has 0 radical (unpaired) electrons. The first kappa shape index (κ1) is 20.1. The number of nitrogens with zero attached hydrogens (tertiary/aromatic N) is 2. The maximum atomic E-state index is 13.0. The fraction of sp³-hybridized carbons (Fsp3) is 0.391. The molecular weight excluding hydrogens is 352 g/mol. The van der Waals surface area contributed by atoms with Gasteiger partial charge in [-0.05, 0) is 37.5 Å². The van der Waals surface area contributed by atoms with Crippen molar-refractivity contribution in [2.45, 2.75) is 31.8 Å². The summed E-state index contributed by atoms with van der Waals surface area (Å²) in [5.41, 5.74) is 0.913. The Bertz CT molecular complexity index is 784. The van der Waals surface area contributed by atoms with E-state index in [0.717, 1.165) is 19.6 Å². The normalized spacial score (nSPS) is 16.4. The minimum atomic E-state index is -0.921. The van der Waals surface area contributed by atoms with E-state index in [9.17, 15) is 9.59 Å². The van der Waals surface area contributed by atoms with Crippen LogP contribution in [0, 0.1) is 0 Å². The summed E-state index contributed by atoms with van der Waals surface area (Å²) in [7, 11) is 1.72. The van der Waals surface area contributed by atoms with E-state index in [4.69, 9.17) is 4.74 Å². The second-order valence-electron chi connectivity index (χ2n) is 7.24.